The van der Waals surface area contributed by atoms with Gasteiger partial charge < -0.3 is 9.80 Å². The molecule has 0 saturated carbocycles. The first kappa shape index (κ1) is 38.5. The number of anilines is 6. The Balaban J connectivity index is 1.21. The van der Waals surface area contributed by atoms with Crippen LogP contribution in [0.4, 0.5) is 34.1 Å². The van der Waals surface area contributed by atoms with E-state index in [-0.39, 0.29) is 5.41 Å². The van der Waals surface area contributed by atoms with E-state index in [9.17, 15) is 0 Å². The van der Waals surface area contributed by atoms with E-state index in [2.05, 4.69) is 266 Å². The number of fused-ring (bicyclic) bond motifs is 9. The summed E-state index contributed by atoms with van der Waals surface area (Å²) in [5.74, 6) is 0. The molecule has 2 heteroatoms. The summed E-state index contributed by atoms with van der Waals surface area (Å²) < 4.78 is 0. The van der Waals surface area contributed by atoms with Crippen LogP contribution in [0.1, 0.15) is 25.0 Å². The lowest BCUT2D eigenvalue weighted by Crippen LogP contribution is -2.18. The zero-order valence-corrected chi connectivity index (χ0v) is 36.5. The van der Waals surface area contributed by atoms with Gasteiger partial charge in [0.05, 0.1) is 0 Å². The van der Waals surface area contributed by atoms with Crippen molar-refractivity contribution in [2.45, 2.75) is 19.3 Å². The quantitative estimate of drug-likeness (QED) is 0.141. The normalized spacial score (nSPS) is 12.6. The van der Waals surface area contributed by atoms with Crippen molar-refractivity contribution in [2.24, 2.45) is 0 Å². The van der Waals surface area contributed by atoms with Crippen molar-refractivity contribution in [3.63, 3.8) is 0 Å². The molecule has 0 aromatic heterocycles. The number of nitrogens with zero attached hydrogens (tertiary/aromatic N) is 2. The van der Waals surface area contributed by atoms with Gasteiger partial charge in [-0.2, -0.15) is 0 Å². The van der Waals surface area contributed by atoms with Crippen molar-refractivity contribution in [3.05, 3.63) is 254 Å². The molecule has 0 bridgehead atoms. The first-order chi connectivity index (χ1) is 32.1. The van der Waals surface area contributed by atoms with Gasteiger partial charge in [-0.15, -0.1) is 0 Å². The van der Waals surface area contributed by atoms with Crippen molar-refractivity contribution in [1.29, 1.82) is 0 Å². The van der Waals surface area contributed by atoms with Gasteiger partial charge in [0.15, 0.2) is 0 Å². The fourth-order valence-electron chi connectivity index (χ4n) is 10.8. The number of rotatable bonds is 8. The van der Waals surface area contributed by atoms with Gasteiger partial charge in [-0.05, 0) is 150 Å². The Bertz CT molecular complexity index is 3450. The molecule has 0 unspecified atom stereocenters. The summed E-state index contributed by atoms with van der Waals surface area (Å²) in [7, 11) is 0. The summed E-state index contributed by atoms with van der Waals surface area (Å²) >= 11 is 0. The predicted octanol–water partition coefficient (Wildman–Crippen LogP) is 17.7. The van der Waals surface area contributed by atoms with Gasteiger partial charge >= 0.3 is 0 Å². The van der Waals surface area contributed by atoms with Crippen LogP contribution < -0.4 is 9.80 Å². The van der Waals surface area contributed by atoms with E-state index in [1.165, 1.54) is 76.8 Å². The van der Waals surface area contributed by atoms with Crippen LogP contribution in [0, 0.1) is 0 Å². The SMILES string of the molecule is CC1(C)c2cc(N(c3ccccc3)c3ccccc3)ccc2-c2c1c(-c1ccccc1)c1c3ccc(N(c4ccccc4)c4ccccc4)cc3c3ccccc3c1c2-c1ccccc1. The fourth-order valence-corrected chi connectivity index (χ4v) is 10.8. The minimum atomic E-state index is -0.377. The molecule has 0 saturated heterocycles. The molecule has 2 nitrogen and oxygen atoms in total. The monoisotopic (exact) mass is 830 g/mol. The maximum absolute atomic E-state index is 2.47. The maximum atomic E-state index is 2.47. The highest BCUT2D eigenvalue weighted by atomic mass is 15.1. The highest BCUT2D eigenvalue weighted by molar-refractivity contribution is 6.34. The van der Waals surface area contributed by atoms with Gasteiger partial charge in [0.1, 0.15) is 0 Å². The van der Waals surface area contributed by atoms with Gasteiger partial charge in [-0.3, -0.25) is 0 Å². The first-order valence-corrected chi connectivity index (χ1v) is 22.6. The smallest absolute Gasteiger partial charge is 0.0468 e. The van der Waals surface area contributed by atoms with E-state index in [0.29, 0.717) is 0 Å². The largest absolute Gasteiger partial charge is 0.310 e. The molecule has 308 valence electrons. The minimum Gasteiger partial charge on any atom is -0.310 e. The van der Waals surface area contributed by atoms with Gasteiger partial charge in [-0.25, -0.2) is 0 Å². The Labute approximate surface area is 380 Å². The van der Waals surface area contributed by atoms with Crippen molar-refractivity contribution in [2.75, 3.05) is 9.80 Å². The van der Waals surface area contributed by atoms with Crippen molar-refractivity contribution in [1.82, 2.24) is 0 Å². The lowest BCUT2D eigenvalue weighted by Gasteiger charge is -2.30. The number of hydrogen-bond donors (Lipinski definition) is 0. The lowest BCUT2D eigenvalue weighted by molar-refractivity contribution is 0.663. The molecule has 0 radical (unpaired) electrons. The summed E-state index contributed by atoms with van der Waals surface area (Å²) in [5.41, 5.74) is 16.7. The standard InChI is InChI=1S/C63H46N2/c1-63(2)56-42-50(65(47-31-17-7-18-32-47)48-33-19-8-20-34-48)38-40-54(56)61-57(43-23-9-3-10-24-43)59-52-36-22-21-35-51(52)55-41-49(64(45-27-13-5-14-28-45)46-29-15-6-16-30-46)37-39-53(55)60(59)58(62(61)63)44-25-11-4-12-26-44/h3-42H,1-2H3. The number of para-hydroxylation sites is 4. The molecule has 1 aliphatic rings. The molecular weight excluding hydrogens is 785 g/mol. The van der Waals surface area contributed by atoms with Crippen LogP contribution in [0.3, 0.4) is 0 Å². The zero-order chi connectivity index (χ0) is 43.5. The van der Waals surface area contributed by atoms with E-state index in [1.807, 2.05) is 0 Å². The fraction of sp³-hybridized carbons (Fsp3) is 0.0476. The van der Waals surface area contributed by atoms with Crippen LogP contribution in [0.2, 0.25) is 0 Å². The molecule has 0 heterocycles. The average Bonchev–Trinajstić information content (AvgIpc) is 3.60. The molecule has 0 aliphatic heterocycles. The Morgan fingerprint density at radius 1 is 0.292 bits per heavy atom. The molecule has 0 atom stereocenters. The molecule has 0 fully saturated rings. The molecule has 11 aromatic rings. The topological polar surface area (TPSA) is 6.48 Å². The Hall–Kier alpha value is -8.20. The summed E-state index contributed by atoms with van der Waals surface area (Å²) in [6.07, 6.45) is 0. The van der Waals surface area contributed by atoms with Crippen molar-refractivity contribution in [3.8, 4) is 33.4 Å². The molecular formula is C63H46N2. The van der Waals surface area contributed by atoms with E-state index in [0.717, 1.165) is 34.1 Å². The lowest BCUT2D eigenvalue weighted by atomic mass is 9.74. The van der Waals surface area contributed by atoms with E-state index >= 15 is 0 Å². The van der Waals surface area contributed by atoms with Crippen LogP contribution in [0.5, 0.6) is 0 Å². The third-order valence-corrected chi connectivity index (χ3v) is 13.5. The van der Waals surface area contributed by atoms with Crippen LogP contribution >= 0.6 is 0 Å². The summed E-state index contributed by atoms with van der Waals surface area (Å²) in [5, 5.41) is 7.54. The Kier molecular flexibility index (Phi) is 9.21. The second kappa shape index (κ2) is 15.6. The van der Waals surface area contributed by atoms with Gasteiger partial charge in [0.25, 0.3) is 0 Å². The molecule has 65 heavy (non-hydrogen) atoms. The Morgan fingerprint density at radius 3 is 1.18 bits per heavy atom. The van der Waals surface area contributed by atoms with Gasteiger partial charge in [0, 0.05) is 39.5 Å². The molecule has 0 amide bonds. The third kappa shape index (κ3) is 6.25. The summed E-state index contributed by atoms with van der Waals surface area (Å²) in [6, 6.07) is 88.7. The molecule has 0 N–H and O–H groups in total. The summed E-state index contributed by atoms with van der Waals surface area (Å²) in [4.78, 5) is 4.76. The molecule has 1 aliphatic carbocycles. The van der Waals surface area contributed by atoms with Crippen molar-refractivity contribution >= 4 is 66.4 Å². The van der Waals surface area contributed by atoms with E-state index in [4.69, 9.17) is 0 Å². The highest BCUT2D eigenvalue weighted by Crippen LogP contribution is 2.61. The number of hydrogen-bond acceptors (Lipinski definition) is 2. The average molecular weight is 831 g/mol. The molecule has 11 aromatic carbocycles. The predicted molar refractivity (Wildman–Crippen MR) is 277 cm³/mol. The maximum Gasteiger partial charge on any atom is 0.0468 e. The first-order valence-electron chi connectivity index (χ1n) is 22.6. The van der Waals surface area contributed by atoms with Crippen LogP contribution in [0.25, 0.3) is 65.7 Å². The second-order valence-electron chi connectivity index (χ2n) is 17.6. The van der Waals surface area contributed by atoms with Gasteiger partial charge in [-0.1, -0.05) is 184 Å². The molecule has 0 spiro atoms. The Morgan fingerprint density at radius 2 is 0.677 bits per heavy atom. The van der Waals surface area contributed by atoms with Crippen LogP contribution in [0.15, 0.2) is 243 Å². The zero-order valence-electron chi connectivity index (χ0n) is 36.5. The summed E-state index contributed by atoms with van der Waals surface area (Å²) in [6.45, 7) is 4.89. The number of benzene rings is 11. The second-order valence-corrected chi connectivity index (χ2v) is 17.6. The van der Waals surface area contributed by atoms with Crippen LogP contribution in [-0.2, 0) is 5.41 Å². The highest BCUT2D eigenvalue weighted by Gasteiger charge is 2.42. The van der Waals surface area contributed by atoms with E-state index < -0.39 is 0 Å². The van der Waals surface area contributed by atoms with Crippen molar-refractivity contribution < 1.29 is 0 Å². The third-order valence-electron chi connectivity index (χ3n) is 13.5. The van der Waals surface area contributed by atoms with Crippen LogP contribution in [-0.4, -0.2) is 0 Å². The minimum absolute atomic E-state index is 0.377. The molecule has 12 rings (SSSR count). The van der Waals surface area contributed by atoms with E-state index in [1.54, 1.807) is 0 Å². The van der Waals surface area contributed by atoms with Gasteiger partial charge in [0.2, 0.25) is 0 Å².